The number of aromatic nitrogens is 3. The molecule has 1 amide bonds. The number of hydrogen-bond donors (Lipinski definition) is 1. The Kier molecular flexibility index (Phi) is 5.80. The van der Waals surface area contributed by atoms with E-state index in [2.05, 4.69) is 15.5 Å². The molecule has 0 saturated heterocycles. The van der Waals surface area contributed by atoms with Gasteiger partial charge in [-0.2, -0.15) is 13.2 Å². The van der Waals surface area contributed by atoms with Crippen molar-refractivity contribution in [1.29, 1.82) is 0 Å². The molecule has 0 radical (unpaired) electrons. The fraction of sp³-hybridized carbons (Fsp3) is 0.278. The van der Waals surface area contributed by atoms with Crippen LogP contribution in [0.25, 0.3) is 11.4 Å². The van der Waals surface area contributed by atoms with Crippen LogP contribution < -0.4 is 5.32 Å². The minimum atomic E-state index is -4.46. The van der Waals surface area contributed by atoms with E-state index in [4.69, 9.17) is 0 Å². The number of nitrogens with zero attached hydrogens (tertiary/aromatic N) is 3. The van der Waals surface area contributed by atoms with Crippen molar-refractivity contribution < 1.29 is 18.0 Å². The number of aryl methyl sites for hydroxylation is 1. The van der Waals surface area contributed by atoms with Crippen LogP contribution in [-0.4, -0.2) is 26.4 Å². The number of alkyl halides is 3. The SMILES string of the molecule is Cc1scc(-c2nnc(SCC(=O)Nc3cccc(C(F)(F)F)c3)n2C)c1C. The van der Waals surface area contributed by atoms with Gasteiger partial charge in [-0.1, -0.05) is 17.8 Å². The Hall–Kier alpha value is -2.33. The van der Waals surface area contributed by atoms with Crippen molar-refractivity contribution in [3.63, 3.8) is 0 Å². The smallest absolute Gasteiger partial charge is 0.325 e. The lowest BCUT2D eigenvalue weighted by atomic mass is 10.2. The Morgan fingerprint density at radius 1 is 1.29 bits per heavy atom. The fourth-order valence-corrected chi connectivity index (χ4v) is 4.08. The van der Waals surface area contributed by atoms with E-state index in [1.54, 1.807) is 15.9 Å². The van der Waals surface area contributed by atoms with Crippen molar-refractivity contribution in [2.75, 3.05) is 11.1 Å². The molecule has 5 nitrogen and oxygen atoms in total. The number of carbonyl (C=O) groups is 1. The predicted molar refractivity (Wildman–Crippen MR) is 105 cm³/mol. The summed E-state index contributed by atoms with van der Waals surface area (Å²) in [4.78, 5) is 13.3. The molecule has 1 aromatic carbocycles. The summed E-state index contributed by atoms with van der Waals surface area (Å²) >= 11 is 2.80. The van der Waals surface area contributed by atoms with Gasteiger partial charge in [-0.15, -0.1) is 21.5 Å². The van der Waals surface area contributed by atoms with Gasteiger partial charge in [0.15, 0.2) is 11.0 Å². The Morgan fingerprint density at radius 2 is 2.04 bits per heavy atom. The highest BCUT2D eigenvalue weighted by molar-refractivity contribution is 7.99. The lowest BCUT2D eigenvalue weighted by molar-refractivity contribution is -0.137. The molecule has 0 bridgehead atoms. The standard InChI is InChI=1S/C18H17F3N4OS2/c1-10-11(2)27-8-14(10)16-23-24-17(25(16)3)28-9-15(26)22-13-6-4-5-12(7-13)18(19,20)21/h4-8H,9H2,1-3H3,(H,22,26). The first-order chi connectivity index (χ1) is 13.2. The van der Waals surface area contributed by atoms with Gasteiger partial charge in [0.2, 0.25) is 5.91 Å². The molecule has 0 aliphatic rings. The van der Waals surface area contributed by atoms with Gasteiger partial charge in [-0.25, -0.2) is 0 Å². The van der Waals surface area contributed by atoms with Gasteiger partial charge >= 0.3 is 6.18 Å². The highest BCUT2D eigenvalue weighted by Crippen LogP contribution is 2.32. The minimum Gasteiger partial charge on any atom is -0.325 e. The van der Waals surface area contributed by atoms with Crippen LogP contribution in [0.1, 0.15) is 16.0 Å². The molecule has 10 heteroatoms. The van der Waals surface area contributed by atoms with Crippen LogP contribution in [0.15, 0.2) is 34.8 Å². The second kappa shape index (κ2) is 7.96. The zero-order valence-corrected chi connectivity index (χ0v) is 16.9. The van der Waals surface area contributed by atoms with Crippen molar-refractivity contribution in [3.05, 3.63) is 45.6 Å². The first-order valence-corrected chi connectivity index (χ1v) is 10.1. The van der Waals surface area contributed by atoms with Crippen molar-refractivity contribution >= 4 is 34.7 Å². The number of anilines is 1. The number of thiophene rings is 1. The van der Waals surface area contributed by atoms with Gasteiger partial charge in [0.05, 0.1) is 11.3 Å². The third-order valence-electron chi connectivity index (χ3n) is 4.17. The number of amides is 1. The molecular formula is C18H17F3N4OS2. The van der Waals surface area contributed by atoms with E-state index in [1.807, 2.05) is 26.3 Å². The average molecular weight is 426 g/mol. The zero-order chi connectivity index (χ0) is 20.5. The molecular weight excluding hydrogens is 409 g/mol. The molecule has 2 heterocycles. The molecule has 0 spiro atoms. The van der Waals surface area contributed by atoms with Crippen LogP contribution in [0.2, 0.25) is 0 Å². The van der Waals surface area contributed by atoms with Gasteiger partial charge in [-0.05, 0) is 37.6 Å². The van der Waals surface area contributed by atoms with Crippen LogP contribution >= 0.6 is 23.1 Å². The molecule has 3 aromatic rings. The van der Waals surface area contributed by atoms with Gasteiger partial charge in [0.25, 0.3) is 0 Å². The summed E-state index contributed by atoms with van der Waals surface area (Å²) in [6, 6.07) is 4.54. The summed E-state index contributed by atoms with van der Waals surface area (Å²) < 4.78 is 40.1. The molecule has 0 aliphatic heterocycles. The lowest BCUT2D eigenvalue weighted by Crippen LogP contribution is -2.15. The average Bonchev–Trinajstić information content (AvgIpc) is 3.15. The fourth-order valence-electron chi connectivity index (χ4n) is 2.51. The Morgan fingerprint density at radius 3 is 2.68 bits per heavy atom. The van der Waals surface area contributed by atoms with E-state index < -0.39 is 17.6 Å². The topological polar surface area (TPSA) is 59.8 Å². The van der Waals surface area contributed by atoms with Gasteiger partial charge in [-0.3, -0.25) is 4.79 Å². The lowest BCUT2D eigenvalue weighted by Gasteiger charge is -2.09. The van der Waals surface area contributed by atoms with Gasteiger partial charge < -0.3 is 9.88 Å². The van der Waals surface area contributed by atoms with Crippen molar-refractivity contribution in [1.82, 2.24) is 14.8 Å². The molecule has 2 aromatic heterocycles. The number of nitrogens with one attached hydrogen (secondary N) is 1. The third kappa shape index (κ3) is 4.39. The quantitative estimate of drug-likeness (QED) is 0.589. The maximum atomic E-state index is 12.8. The van der Waals surface area contributed by atoms with E-state index in [1.165, 1.54) is 28.8 Å². The Bertz CT molecular complexity index is 1010. The first-order valence-electron chi connectivity index (χ1n) is 8.21. The van der Waals surface area contributed by atoms with Crippen LogP contribution in [0.5, 0.6) is 0 Å². The molecule has 28 heavy (non-hydrogen) atoms. The Balaban J connectivity index is 1.65. The van der Waals surface area contributed by atoms with E-state index in [0.29, 0.717) is 11.0 Å². The van der Waals surface area contributed by atoms with Crippen LogP contribution in [-0.2, 0) is 18.0 Å². The van der Waals surface area contributed by atoms with E-state index in [0.717, 1.165) is 23.3 Å². The molecule has 0 unspecified atom stereocenters. The number of rotatable bonds is 5. The van der Waals surface area contributed by atoms with E-state index in [-0.39, 0.29) is 11.4 Å². The summed E-state index contributed by atoms with van der Waals surface area (Å²) in [6.45, 7) is 4.05. The number of thioether (sulfide) groups is 1. The van der Waals surface area contributed by atoms with Gasteiger partial charge in [0, 0.05) is 28.6 Å². The van der Waals surface area contributed by atoms with E-state index in [9.17, 15) is 18.0 Å². The summed E-state index contributed by atoms with van der Waals surface area (Å²) in [5.41, 5.74) is 1.43. The summed E-state index contributed by atoms with van der Waals surface area (Å²) in [6.07, 6.45) is -4.46. The normalized spacial score (nSPS) is 11.6. The minimum absolute atomic E-state index is 0.00383. The monoisotopic (exact) mass is 426 g/mol. The van der Waals surface area contributed by atoms with Crippen LogP contribution in [0.4, 0.5) is 18.9 Å². The molecule has 1 N–H and O–H groups in total. The molecule has 0 fully saturated rings. The number of benzene rings is 1. The zero-order valence-electron chi connectivity index (χ0n) is 15.3. The molecule has 0 atom stereocenters. The second-order valence-electron chi connectivity index (χ2n) is 6.11. The highest BCUT2D eigenvalue weighted by Gasteiger charge is 2.30. The van der Waals surface area contributed by atoms with Crippen LogP contribution in [0.3, 0.4) is 0 Å². The predicted octanol–water partition coefficient (Wildman–Crippen LogP) is 4.91. The molecule has 0 aliphatic carbocycles. The second-order valence-corrected chi connectivity index (χ2v) is 8.14. The number of halogens is 3. The van der Waals surface area contributed by atoms with Gasteiger partial charge in [0.1, 0.15) is 0 Å². The first kappa shape index (κ1) is 20.4. The summed E-state index contributed by atoms with van der Waals surface area (Å²) in [7, 11) is 1.81. The van der Waals surface area contributed by atoms with E-state index >= 15 is 0 Å². The number of carbonyl (C=O) groups excluding carboxylic acids is 1. The summed E-state index contributed by atoms with van der Waals surface area (Å²) in [5.74, 6) is 0.295. The molecule has 0 saturated carbocycles. The maximum absolute atomic E-state index is 12.8. The third-order valence-corrected chi connectivity index (χ3v) is 6.20. The van der Waals surface area contributed by atoms with Crippen molar-refractivity contribution in [2.24, 2.45) is 7.05 Å². The summed E-state index contributed by atoms with van der Waals surface area (Å²) in [5, 5.41) is 13.4. The van der Waals surface area contributed by atoms with Crippen LogP contribution in [0, 0.1) is 13.8 Å². The largest absolute Gasteiger partial charge is 0.416 e. The molecule has 3 rings (SSSR count). The number of hydrogen-bond acceptors (Lipinski definition) is 5. The van der Waals surface area contributed by atoms with Crippen molar-refractivity contribution in [3.8, 4) is 11.4 Å². The van der Waals surface area contributed by atoms with Crippen molar-refractivity contribution in [2.45, 2.75) is 25.2 Å². The Labute approximate surface area is 168 Å². The highest BCUT2D eigenvalue weighted by atomic mass is 32.2. The maximum Gasteiger partial charge on any atom is 0.416 e. The molecule has 148 valence electrons.